The van der Waals surface area contributed by atoms with Crippen LogP contribution in [0.4, 0.5) is 0 Å². The molecule has 0 amide bonds. The van der Waals surface area contributed by atoms with E-state index in [1.54, 1.807) is 11.8 Å². The summed E-state index contributed by atoms with van der Waals surface area (Å²) >= 11 is 7.27. The summed E-state index contributed by atoms with van der Waals surface area (Å²) in [6, 6.07) is 0. The average molecular weight is 501 g/mol. The van der Waals surface area contributed by atoms with E-state index in [9.17, 15) is 14.4 Å². The minimum absolute atomic E-state index is 0.133. The summed E-state index contributed by atoms with van der Waals surface area (Å²) in [5, 5.41) is 0.0152. The number of thioether (sulfide) groups is 4. The molecule has 0 aromatic carbocycles. The van der Waals surface area contributed by atoms with Gasteiger partial charge in [0.2, 0.25) is 0 Å². The van der Waals surface area contributed by atoms with Crippen molar-refractivity contribution in [2.24, 2.45) is 0 Å². The molecular weight excluding hydrogens is 464 g/mol. The maximum atomic E-state index is 12.0. The van der Waals surface area contributed by atoms with Crippen LogP contribution in [0.3, 0.4) is 0 Å². The zero-order valence-corrected chi connectivity index (χ0v) is 22.3. The molecule has 0 heterocycles. The van der Waals surface area contributed by atoms with Crippen LogP contribution in [0.2, 0.25) is 0 Å². The van der Waals surface area contributed by atoms with E-state index in [1.807, 2.05) is 35.3 Å². The Balaban J connectivity index is 6.15. The lowest BCUT2D eigenvalue weighted by molar-refractivity contribution is -0.172. The van der Waals surface area contributed by atoms with Crippen LogP contribution in [0.15, 0.2) is 0 Å². The van der Waals surface area contributed by atoms with Gasteiger partial charge in [0.1, 0.15) is 6.61 Å². The van der Waals surface area contributed by atoms with Crippen LogP contribution >= 0.6 is 47.0 Å². The maximum absolute atomic E-state index is 12.0. The summed E-state index contributed by atoms with van der Waals surface area (Å²) in [5.41, 5.74) is 0. The van der Waals surface area contributed by atoms with Crippen LogP contribution in [0.1, 0.15) is 48.5 Å². The Kier molecular flexibility index (Phi) is 17.3. The highest BCUT2D eigenvalue weighted by Gasteiger charge is 2.42. The smallest absolute Gasteiger partial charge is 0.303 e. The van der Waals surface area contributed by atoms with Crippen molar-refractivity contribution in [2.45, 2.75) is 75.8 Å². The number of hydrogen-bond donors (Lipinski definition) is 0. The molecule has 0 aliphatic heterocycles. The van der Waals surface area contributed by atoms with Gasteiger partial charge < -0.3 is 14.2 Å². The lowest BCUT2D eigenvalue weighted by Gasteiger charge is -2.38. The summed E-state index contributed by atoms with van der Waals surface area (Å²) in [6.45, 7) is 12.2. The van der Waals surface area contributed by atoms with Crippen molar-refractivity contribution in [2.75, 3.05) is 29.6 Å². The van der Waals surface area contributed by atoms with E-state index < -0.39 is 30.1 Å². The van der Waals surface area contributed by atoms with E-state index in [1.165, 1.54) is 20.8 Å². The van der Waals surface area contributed by atoms with Crippen LogP contribution in [0, 0.1) is 0 Å². The Morgan fingerprint density at radius 2 is 1.13 bits per heavy atom. The van der Waals surface area contributed by atoms with Crippen molar-refractivity contribution >= 4 is 65.0 Å². The Bertz CT molecular complexity index is 514. The molecule has 0 radical (unpaired) electrons. The van der Waals surface area contributed by atoms with Gasteiger partial charge in [0.25, 0.3) is 0 Å². The molecule has 0 fully saturated rings. The Morgan fingerprint density at radius 1 is 0.667 bits per heavy atom. The van der Waals surface area contributed by atoms with Gasteiger partial charge in [-0.2, -0.15) is 23.5 Å². The lowest BCUT2D eigenvalue weighted by Crippen LogP contribution is -2.50. The van der Waals surface area contributed by atoms with Crippen molar-refractivity contribution in [3.05, 3.63) is 0 Å². The minimum atomic E-state index is -0.863. The van der Waals surface area contributed by atoms with Crippen LogP contribution in [-0.4, -0.2) is 74.8 Å². The normalized spacial score (nSPS) is 15.2. The third kappa shape index (κ3) is 12.0. The average Bonchev–Trinajstić information content (AvgIpc) is 2.65. The van der Waals surface area contributed by atoms with E-state index in [2.05, 4.69) is 27.7 Å². The fourth-order valence-corrected chi connectivity index (χ4v) is 9.04. The monoisotopic (exact) mass is 500 g/mol. The summed E-state index contributed by atoms with van der Waals surface area (Å²) in [7, 11) is 0. The molecule has 0 spiro atoms. The van der Waals surface area contributed by atoms with Gasteiger partial charge in [-0.05, 0) is 23.0 Å². The van der Waals surface area contributed by atoms with E-state index in [0.29, 0.717) is 4.58 Å². The number of hydrogen-bond acceptors (Lipinski definition) is 10. The van der Waals surface area contributed by atoms with Crippen molar-refractivity contribution in [1.29, 1.82) is 0 Å². The summed E-state index contributed by atoms with van der Waals surface area (Å²) in [5.74, 6) is 2.22. The van der Waals surface area contributed by atoms with Crippen molar-refractivity contribution in [1.82, 2.24) is 0 Å². The molecule has 0 aliphatic carbocycles. The molecule has 0 rings (SSSR count). The number of ether oxygens (including phenoxy) is 3. The molecule has 0 N–H and O–H groups in total. The largest absolute Gasteiger partial charge is 0.462 e. The zero-order valence-electron chi connectivity index (χ0n) is 19.0. The van der Waals surface area contributed by atoms with Gasteiger partial charge >= 0.3 is 17.9 Å². The predicted molar refractivity (Wildman–Crippen MR) is 132 cm³/mol. The molecule has 0 bridgehead atoms. The van der Waals surface area contributed by atoms with Gasteiger partial charge in [0.15, 0.2) is 12.2 Å². The molecule has 0 aromatic rings. The van der Waals surface area contributed by atoms with Gasteiger partial charge in [-0.15, -0.1) is 23.5 Å². The minimum Gasteiger partial charge on any atom is -0.462 e. The molecule has 4 atom stereocenters. The zero-order chi connectivity index (χ0) is 23.1. The highest BCUT2D eigenvalue weighted by molar-refractivity contribution is 8.18. The molecule has 6 nitrogen and oxygen atoms in total. The fraction of sp³-hybridized carbons (Fsp3) is 0.850. The van der Waals surface area contributed by atoms with Gasteiger partial charge in [0.05, 0.1) is 9.83 Å². The molecule has 176 valence electrons. The maximum Gasteiger partial charge on any atom is 0.303 e. The molecule has 0 aliphatic rings. The van der Waals surface area contributed by atoms with Gasteiger partial charge in [-0.25, -0.2) is 0 Å². The number of carbonyl (C=O) groups excluding carboxylic acids is 3. The molecule has 0 saturated heterocycles. The van der Waals surface area contributed by atoms with Crippen LogP contribution in [0.5, 0.6) is 0 Å². The second-order valence-electron chi connectivity index (χ2n) is 6.14. The molecule has 10 heteroatoms. The standard InChI is InChI=1S/C20H36O6S4/c1-8-27-18(19(28-9-2)20(29-10-3)30-11-4)17(26-15(7)23)16(25-14(6)22)12-24-13(5)21/h16-20H,8-12H2,1-7H3/t16-,17-,18-,19-/m1/s1. The Labute approximate surface area is 198 Å². The number of esters is 3. The molecule has 30 heavy (non-hydrogen) atoms. The summed E-state index contributed by atoms with van der Waals surface area (Å²) < 4.78 is 16.7. The van der Waals surface area contributed by atoms with Gasteiger partial charge in [0, 0.05) is 26.0 Å². The third-order valence-electron chi connectivity index (χ3n) is 3.73. The number of rotatable bonds is 16. The first-order chi connectivity index (χ1) is 14.2. The van der Waals surface area contributed by atoms with Gasteiger partial charge in [-0.1, -0.05) is 27.7 Å². The molecule has 0 unspecified atom stereocenters. The lowest BCUT2D eigenvalue weighted by atomic mass is 10.1. The van der Waals surface area contributed by atoms with E-state index in [4.69, 9.17) is 14.2 Å². The van der Waals surface area contributed by atoms with E-state index in [-0.39, 0.29) is 17.1 Å². The first-order valence-electron chi connectivity index (χ1n) is 10.2. The third-order valence-corrected chi connectivity index (χ3v) is 9.54. The SMILES string of the molecule is CCSC(SCC)[C@H](SCC)[C@H](SCC)[C@H](OC(C)=O)[C@@H](COC(C)=O)OC(C)=O. The second-order valence-corrected chi connectivity index (χ2v) is 12.2. The van der Waals surface area contributed by atoms with Crippen molar-refractivity contribution in [3.63, 3.8) is 0 Å². The van der Waals surface area contributed by atoms with Crippen LogP contribution in [-0.2, 0) is 28.6 Å². The Morgan fingerprint density at radius 3 is 1.53 bits per heavy atom. The highest BCUT2D eigenvalue weighted by Crippen LogP contribution is 2.41. The summed E-state index contributed by atoms with van der Waals surface area (Å²) in [4.78, 5) is 35.2. The molecular formula is C20H36O6S4. The second kappa shape index (κ2) is 17.4. The quantitative estimate of drug-likeness (QED) is 0.172. The van der Waals surface area contributed by atoms with Crippen molar-refractivity contribution < 1.29 is 28.6 Å². The summed E-state index contributed by atoms with van der Waals surface area (Å²) in [6.07, 6.45) is -1.59. The van der Waals surface area contributed by atoms with Crippen LogP contribution < -0.4 is 0 Å². The molecule has 0 aromatic heterocycles. The van der Waals surface area contributed by atoms with Gasteiger partial charge in [-0.3, -0.25) is 14.4 Å². The number of carbonyl (C=O) groups is 3. The molecule has 0 saturated carbocycles. The van der Waals surface area contributed by atoms with E-state index in [0.717, 1.165) is 23.0 Å². The fourth-order valence-electron chi connectivity index (χ4n) is 2.81. The highest BCUT2D eigenvalue weighted by atomic mass is 32.2. The predicted octanol–water partition coefficient (Wildman–Crippen LogP) is 4.49. The first-order valence-corrected chi connectivity index (χ1v) is 14.3. The topological polar surface area (TPSA) is 78.9 Å². The van der Waals surface area contributed by atoms with E-state index >= 15 is 0 Å². The van der Waals surface area contributed by atoms with Crippen molar-refractivity contribution in [3.8, 4) is 0 Å². The first kappa shape index (κ1) is 29.8. The Hall–Kier alpha value is -0.190. The van der Waals surface area contributed by atoms with Crippen LogP contribution in [0.25, 0.3) is 0 Å².